The van der Waals surface area contributed by atoms with Crippen molar-refractivity contribution < 1.29 is 9.53 Å². The number of ether oxygens (including phenoxy) is 1. The van der Waals surface area contributed by atoms with Crippen LogP contribution in [-0.4, -0.2) is 40.9 Å². The van der Waals surface area contributed by atoms with E-state index in [1.54, 1.807) is 0 Å². The number of hydrogen-bond donors (Lipinski definition) is 0. The van der Waals surface area contributed by atoms with Gasteiger partial charge in [0.25, 0.3) is 0 Å². The van der Waals surface area contributed by atoms with Gasteiger partial charge < -0.3 is 9.64 Å². The standard InChI is InChI=1S/C13H20BrNO2/c14-10-7-11-1-2-12(8-10)15(11)13(16)9-3-5-17-6-4-9/h9-12H,1-8H2. The van der Waals surface area contributed by atoms with Crippen molar-refractivity contribution in [2.45, 2.75) is 55.4 Å². The number of fused-ring (bicyclic) bond motifs is 2. The summed E-state index contributed by atoms with van der Waals surface area (Å²) in [5.74, 6) is 0.652. The summed E-state index contributed by atoms with van der Waals surface area (Å²) in [6.07, 6.45) is 6.55. The fourth-order valence-corrected chi connectivity index (χ4v) is 4.49. The van der Waals surface area contributed by atoms with Gasteiger partial charge in [-0.05, 0) is 38.5 Å². The minimum atomic E-state index is 0.235. The number of carbonyl (C=O) groups excluding carboxylic acids is 1. The van der Waals surface area contributed by atoms with E-state index in [0.29, 0.717) is 22.8 Å². The van der Waals surface area contributed by atoms with Gasteiger partial charge in [0, 0.05) is 36.0 Å². The number of carbonyl (C=O) groups is 1. The molecule has 0 N–H and O–H groups in total. The number of rotatable bonds is 1. The van der Waals surface area contributed by atoms with Gasteiger partial charge in [-0.3, -0.25) is 4.79 Å². The number of amides is 1. The third-order valence-corrected chi connectivity index (χ3v) is 5.25. The van der Waals surface area contributed by atoms with E-state index in [-0.39, 0.29) is 5.92 Å². The van der Waals surface area contributed by atoms with Gasteiger partial charge in [-0.25, -0.2) is 0 Å². The summed E-state index contributed by atoms with van der Waals surface area (Å²) >= 11 is 3.72. The average Bonchev–Trinajstić information content (AvgIpc) is 2.62. The SMILES string of the molecule is O=C(C1CCOCC1)N1C2CCC1CC(Br)C2. The van der Waals surface area contributed by atoms with Crippen molar-refractivity contribution in [3.63, 3.8) is 0 Å². The highest BCUT2D eigenvalue weighted by Crippen LogP contribution is 2.39. The molecule has 0 radical (unpaired) electrons. The largest absolute Gasteiger partial charge is 0.381 e. The molecule has 1 amide bonds. The molecule has 0 aliphatic carbocycles. The van der Waals surface area contributed by atoms with Crippen molar-refractivity contribution in [2.24, 2.45) is 5.92 Å². The lowest BCUT2D eigenvalue weighted by molar-refractivity contribution is -0.142. The predicted octanol–water partition coefficient (Wildman–Crippen LogP) is 2.33. The second kappa shape index (κ2) is 4.88. The summed E-state index contributed by atoms with van der Waals surface area (Å²) in [6.45, 7) is 1.53. The third-order valence-electron chi connectivity index (χ3n) is 4.50. The Kier molecular flexibility index (Phi) is 3.44. The van der Waals surface area contributed by atoms with Crippen LogP contribution in [0.25, 0.3) is 0 Å². The Morgan fingerprint density at radius 1 is 1.06 bits per heavy atom. The summed E-state index contributed by atoms with van der Waals surface area (Å²) in [4.78, 5) is 15.4. The maximum absolute atomic E-state index is 12.6. The van der Waals surface area contributed by atoms with Gasteiger partial charge in [0.1, 0.15) is 0 Å². The minimum absolute atomic E-state index is 0.235. The Balaban J connectivity index is 1.69. The molecule has 2 unspecified atom stereocenters. The third kappa shape index (κ3) is 2.26. The van der Waals surface area contributed by atoms with Crippen LogP contribution in [0.4, 0.5) is 0 Å². The summed E-state index contributed by atoms with van der Waals surface area (Å²) in [5.41, 5.74) is 0. The first-order valence-electron chi connectivity index (χ1n) is 6.79. The quantitative estimate of drug-likeness (QED) is 0.696. The maximum atomic E-state index is 12.6. The van der Waals surface area contributed by atoms with Crippen molar-refractivity contribution >= 4 is 21.8 Å². The smallest absolute Gasteiger partial charge is 0.226 e. The Bertz CT molecular complexity index is 290. The molecule has 0 saturated carbocycles. The van der Waals surface area contributed by atoms with Crippen LogP contribution in [0.15, 0.2) is 0 Å². The zero-order valence-electron chi connectivity index (χ0n) is 10.1. The molecule has 17 heavy (non-hydrogen) atoms. The van der Waals surface area contributed by atoms with Crippen LogP contribution < -0.4 is 0 Å². The molecule has 0 aromatic rings. The van der Waals surface area contributed by atoms with E-state index in [1.807, 2.05) is 0 Å². The van der Waals surface area contributed by atoms with Gasteiger partial charge in [0.15, 0.2) is 0 Å². The van der Waals surface area contributed by atoms with Gasteiger partial charge >= 0.3 is 0 Å². The number of piperidine rings is 1. The molecule has 3 rings (SSSR count). The first-order chi connectivity index (χ1) is 8.25. The van der Waals surface area contributed by atoms with Crippen LogP contribution in [0.5, 0.6) is 0 Å². The minimum Gasteiger partial charge on any atom is -0.381 e. The van der Waals surface area contributed by atoms with E-state index in [9.17, 15) is 4.79 Å². The van der Waals surface area contributed by atoms with Crippen LogP contribution in [-0.2, 0) is 9.53 Å². The van der Waals surface area contributed by atoms with Crippen molar-refractivity contribution in [3.05, 3.63) is 0 Å². The van der Waals surface area contributed by atoms with Crippen molar-refractivity contribution in [2.75, 3.05) is 13.2 Å². The normalized spacial score (nSPS) is 38.4. The van der Waals surface area contributed by atoms with E-state index >= 15 is 0 Å². The molecule has 96 valence electrons. The van der Waals surface area contributed by atoms with Gasteiger partial charge in [-0.15, -0.1) is 0 Å². The lowest BCUT2D eigenvalue weighted by Gasteiger charge is -2.39. The number of nitrogens with zero attached hydrogens (tertiary/aromatic N) is 1. The zero-order valence-corrected chi connectivity index (χ0v) is 11.7. The van der Waals surface area contributed by atoms with Gasteiger partial charge in [0.2, 0.25) is 5.91 Å². The molecule has 4 heteroatoms. The Labute approximate surface area is 111 Å². The van der Waals surface area contributed by atoms with Crippen LogP contribution >= 0.6 is 15.9 Å². The zero-order chi connectivity index (χ0) is 11.8. The summed E-state index contributed by atoms with van der Waals surface area (Å²) in [7, 11) is 0. The highest BCUT2D eigenvalue weighted by Gasteiger charge is 2.44. The molecule has 3 saturated heterocycles. The molecule has 3 aliphatic rings. The highest BCUT2D eigenvalue weighted by atomic mass is 79.9. The van der Waals surface area contributed by atoms with Crippen LogP contribution in [0.3, 0.4) is 0 Å². The first-order valence-corrected chi connectivity index (χ1v) is 7.71. The maximum Gasteiger partial charge on any atom is 0.226 e. The first kappa shape index (κ1) is 12.0. The number of halogens is 1. The molecule has 0 aromatic carbocycles. The molecule has 2 bridgehead atoms. The molecular formula is C13H20BrNO2. The van der Waals surface area contributed by atoms with Gasteiger partial charge in [-0.2, -0.15) is 0 Å². The van der Waals surface area contributed by atoms with Crippen molar-refractivity contribution in [3.8, 4) is 0 Å². The number of hydrogen-bond acceptors (Lipinski definition) is 2. The average molecular weight is 302 g/mol. The van der Waals surface area contributed by atoms with Crippen LogP contribution in [0.2, 0.25) is 0 Å². The lowest BCUT2D eigenvalue weighted by atomic mass is 9.94. The molecule has 3 aliphatic heterocycles. The fraction of sp³-hybridized carbons (Fsp3) is 0.923. The second-order valence-corrected chi connectivity index (χ2v) is 6.88. The van der Waals surface area contributed by atoms with Gasteiger partial charge in [0.05, 0.1) is 0 Å². The molecule has 2 atom stereocenters. The monoisotopic (exact) mass is 301 g/mol. The van der Waals surface area contributed by atoms with E-state index in [2.05, 4.69) is 20.8 Å². The highest BCUT2D eigenvalue weighted by molar-refractivity contribution is 9.09. The Hall–Kier alpha value is -0.0900. The Morgan fingerprint density at radius 3 is 2.24 bits per heavy atom. The van der Waals surface area contributed by atoms with E-state index in [1.165, 1.54) is 12.8 Å². The van der Waals surface area contributed by atoms with E-state index in [4.69, 9.17) is 4.74 Å². The van der Waals surface area contributed by atoms with Crippen molar-refractivity contribution in [1.82, 2.24) is 4.90 Å². The van der Waals surface area contributed by atoms with E-state index < -0.39 is 0 Å². The molecule has 3 heterocycles. The molecule has 3 fully saturated rings. The fourth-order valence-electron chi connectivity index (χ4n) is 3.63. The Morgan fingerprint density at radius 2 is 1.65 bits per heavy atom. The van der Waals surface area contributed by atoms with Crippen LogP contribution in [0, 0.1) is 5.92 Å². The topological polar surface area (TPSA) is 29.5 Å². The van der Waals surface area contributed by atoms with Crippen molar-refractivity contribution in [1.29, 1.82) is 0 Å². The summed E-state index contributed by atoms with van der Waals surface area (Å²) in [5, 5.41) is 0. The molecule has 0 spiro atoms. The predicted molar refractivity (Wildman–Crippen MR) is 69.1 cm³/mol. The van der Waals surface area contributed by atoms with Gasteiger partial charge in [-0.1, -0.05) is 15.9 Å². The number of alkyl halides is 1. The summed E-state index contributed by atoms with van der Waals surface area (Å²) < 4.78 is 5.35. The second-order valence-electron chi connectivity index (χ2n) is 5.59. The lowest BCUT2D eigenvalue weighted by Crippen LogP contribution is -2.49. The molecular weight excluding hydrogens is 282 g/mol. The molecule has 0 aromatic heterocycles. The molecule has 3 nitrogen and oxygen atoms in total. The summed E-state index contributed by atoms with van der Waals surface area (Å²) in [6, 6.07) is 1.02. The van der Waals surface area contributed by atoms with E-state index in [0.717, 1.165) is 38.9 Å². The van der Waals surface area contributed by atoms with Crippen LogP contribution in [0.1, 0.15) is 38.5 Å².